The van der Waals surface area contributed by atoms with Gasteiger partial charge in [0.25, 0.3) is 0 Å². The maximum Gasteiger partial charge on any atom is 0.309 e. The van der Waals surface area contributed by atoms with Crippen molar-refractivity contribution in [3.05, 3.63) is 11.6 Å². The zero-order chi connectivity index (χ0) is 14.3. The summed E-state index contributed by atoms with van der Waals surface area (Å²) in [4.78, 5) is 27.8. The molecule has 2 atom stereocenters. The van der Waals surface area contributed by atoms with Crippen molar-refractivity contribution in [1.82, 2.24) is 4.98 Å². The van der Waals surface area contributed by atoms with Crippen molar-refractivity contribution in [3.63, 3.8) is 0 Å². The van der Waals surface area contributed by atoms with Crippen LogP contribution in [0, 0.1) is 16.7 Å². The molecule has 1 aromatic rings. The number of carboxylic acids is 1. The number of nitrogens with zero attached hydrogens (tertiary/aromatic N) is 1. The van der Waals surface area contributed by atoms with Crippen molar-refractivity contribution in [2.24, 2.45) is 16.7 Å². The third-order valence-electron chi connectivity index (χ3n) is 4.68. The molecule has 1 aliphatic rings. The molecule has 0 radical (unpaired) electrons. The molecule has 1 fully saturated rings. The van der Waals surface area contributed by atoms with Crippen LogP contribution in [0.15, 0.2) is 11.6 Å². The lowest BCUT2D eigenvalue weighted by molar-refractivity contribution is -0.154. The predicted molar refractivity (Wildman–Crippen MR) is 73.0 cm³/mol. The lowest BCUT2D eigenvalue weighted by Gasteiger charge is -2.37. The number of rotatable bonds is 3. The molecular formula is C13H18N2O3S. The molecule has 0 aromatic carbocycles. The summed E-state index contributed by atoms with van der Waals surface area (Å²) in [5.41, 5.74) is -1.45. The molecule has 1 heterocycles. The molecule has 19 heavy (non-hydrogen) atoms. The quantitative estimate of drug-likeness (QED) is 0.893. The monoisotopic (exact) mass is 282 g/mol. The summed E-state index contributed by atoms with van der Waals surface area (Å²) in [7, 11) is 0. The molecule has 0 bridgehead atoms. The fraction of sp³-hybridized carbons (Fsp3) is 0.615. The summed E-state index contributed by atoms with van der Waals surface area (Å²) in [6.07, 6.45) is 2.74. The summed E-state index contributed by atoms with van der Waals surface area (Å²) >= 11 is 1.36. The van der Waals surface area contributed by atoms with E-state index in [4.69, 9.17) is 0 Å². The van der Waals surface area contributed by atoms with Gasteiger partial charge in [-0.2, -0.15) is 0 Å². The van der Waals surface area contributed by atoms with Gasteiger partial charge in [0.2, 0.25) is 5.91 Å². The van der Waals surface area contributed by atoms with Gasteiger partial charge in [-0.05, 0) is 25.2 Å². The first-order valence-electron chi connectivity index (χ1n) is 6.23. The molecule has 6 heteroatoms. The van der Waals surface area contributed by atoms with Crippen molar-refractivity contribution in [3.8, 4) is 0 Å². The molecule has 1 saturated carbocycles. The summed E-state index contributed by atoms with van der Waals surface area (Å²) in [6.45, 7) is 5.45. The van der Waals surface area contributed by atoms with Crippen LogP contribution in [-0.2, 0) is 9.59 Å². The summed E-state index contributed by atoms with van der Waals surface area (Å²) in [6, 6.07) is 0. The number of carboxylic acid groups (broad SMARTS) is 1. The van der Waals surface area contributed by atoms with Crippen LogP contribution in [0.3, 0.4) is 0 Å². The largest absolute Gasteiger partial charge is 0.481 e. The van der Waals surface area contributed by atoms with E-state index in [0.29, 0.717) is 18.0 Å². The van der Waals surface area contributed by atoms with Crippen LogP contribution >= 0.6 is 11.3 Å². The van der Waals surface area contributed by atoms with E-state index >= 15 is 0 Å². The summed E-state index contributed by atoms with van der Waals surface area (Å²) in [5, 5.41) is 14.5. The van der Waals surface area contributed by atoms with Crippen molar-refractivity contribution in [2.45, 2.75) is 33.6 Å². The van der Waals surface area contributed by atoms with Crippen LogP contribution in [-0.4, -0.2) is 22.0 Å². The van der Waals surface area contributed by atoms with Gasteiger partial charge in [0.05, 0.1) is 5.41 Å². The molecule has 1 aliphatic carbocycles. The lowest BCUT2D eigenvalue weighted by atomic mass is 9.65. The molecule has 104 valence electrons. The van der Waals surface area contributed by atoms with Crippen molar-refractivity contribution in [2.75, 3.05) is 5.32 Å². The molecule has 2 N–H and O–H groups in total. The number of aliphatic carboxylic acids is 1. The number of thiazole rings is 1. The van der Waals surface area contributed by atoms with Crippen LogP contribution < -0.4 is 5.32 Å². The third-order valence-corrected chi connectivity index (χ3v) is 5.37. The van der Waals surface area contributed by atoms with Gasteiger partial charge >= 0.3 is 5.97 Å². The Balaban J connectivity index is 2.18. The van der Waals surface area contributed by atoms with E-state index in [9.17, 15) is 14.7 Å². The molecule has 1 aromatic heterocycles. The number of anilines is 1. The average Bonchev–Trinajstić information content (AvgIpc) is 2.87. The molecule has 1 amide bonds. The van der Waals surface area contributed by atoms with Gasteiger partial charge in [0.1, 0.15) is 0 Å². The Morgan fingerprint density at radius 1 is 1.47 bits per heavy atom. The third kappa shape index (κ3) is 2.14. The first-order chi connectivity index (χ1) is 8.79. The van der Waals surface area contributed by atoms with Crippen molar-refractivity contribution in [1.29, 1.82) is 0 Å². The Morgan fingerprint density at radius 3 is 2.63 bits per heavy atom. The number of hydrogen-bond acceptors (Lipinski definition) is 4. The fourth-order valence-electron chi connectivity index (χ4n) is 2.82. The van der Waals surface area contributed by atoms with Gasteiger partial charge < -0.3 is 10.4 Å². The Morgan fingerprint density at radius 2 is 2.16 bits per heavy atom. The van der Waals surface area contributed by atoms with Gasteiger partial charge in [-0.15, -0.1) is 11.3 Å². The van der Waals surface area contributed by atoms with E-state index in [2.05, 4.69) is 10.3 Å². The molecular weight excluding hydrogens is 264 g/mol. The van der Waals surface area contributed by atoms with Crippen molar-refractivity contribution < 1.29 is 14.7 Å². The highest BCUT2D eigenvalue weighted by Gasteiger charge is 2.58. The zero-order valence-electron chi connectivity index (χ0n) is 11.3. The van der Waals surface area contributed by atoms with Crippen molar-refractivity contribution >= 4 is 28.3 Å². The Bertz CT molecular complexity index is 498. The highest BCUT2D eigenvalue weighted by atomic mass is 32.1. The van der Waals surface area contributed by atoms with Gasteiger partial charge in [0.15, 0.2) is 5.13 Å². The normalized spacial score (nSPS) is 29.1. The predicted octanol–water partition coefficient (Wildman–Crippen LogP) is 2.61. The van der Waals surface area contributed by atoms with Gasteiger partial charge in [-0.1, -0.05) is 13.8 Å². The molecule has 2 rings (SSSR count). The van der Waals surface area contributed by atoms with E-state index in [0.717, 1.165) is 0 Å². The Kier molecular flexibility index (Phi) is 3.38. The Hall–Kier alpha value is -1.43. The highest BCUT2D eigenvalue weighted by Crippen LogP contribution is 2.56. The second-order valence-electron chi connectivity index (χ2n) is 5.78. The van der Waals surface area contributed by atoms with E-state index < -0.39 is 16.8 Å². The van der Waals surface area contributed by atoms with Crippen LogP contribution in [0.5, 0.6) is 0 Å². The van der Waals surface area contributed by atoms with Gasteiger partial charge in [-0.25, -0.2) is 4.98 Å². The average molecular weight is 282 g/mol. The zero-order valence-corrected chi connectivity index (χ0v) is 12.1. The number of aromatic nitrogens is 1. The molecule has 2 unspecified atom stereocenters. The second kappa shape index (κ2) is 4.59. The molecule has 0 saturated heterocycles. The smallest absolute Gasteiger partial charge is 0.309 e. The lowest BCUT2D eigenvalue weighted by Crippen LogP contribution is -2.43. The van der Waals surface area contributed by atoms with Gasteiger partial charge in [0, 0.05) is 17.5 Å². The van der Waals surface area contributed by atoms with Crippen LogP contribution in [0.4, 0.5) is 5.13 Å². The SMILES string of the molecule is CC1(C(=O)O)CCC(C(=O)Nc2nccs2)C1(C)C. The van der Waals surface area contributed by atoms with Crippen LogP contribution in [0.1, 0.15) is 33.6 Å². The standard InChI is InChI=1S/C13H18N2O3S/c1-12(2)8(4-5-13(12,3)10(17)18)9(16)15-11-14-6-7-19-11/h6-8H,4-5H2,1-3H3,(H,17,18)(H,14,15,16). The Labute approximate surface area is 116 Å². The first kappa shape index (κ1) is 14.0. The van der Waals surface area contributed by atoms with Crippen LogP contribution in [0.25, 0.3) is 0 Å². The van der Waals surface area contributed by atoms with E-state index in [1.165, 1.54) is 11.3 Å². The maximum atomic E-state index is 12.3. The summed E-state index contributed by atoms with van der Waals surface area (Å²) < 4.78 is 0. The van der Waals surface area contributed by atoms with E-state index in [-0.39, 0.29) is 11.8 Å². The topological polar surface area (TPSA) is 79.3 Å². The number of carbonyl (C=O) groups is 2. The van der Waals surface area contributed by atoms with E-state index in [1.54, 1.807) is 18.5 Å². The molecule has 0 spiro atoms. The highest BCUT2D eigenvalue weighted by molar-refractivity contribution is 7.13. The molecule has 0 aliphatic heterocycles. The number of nitrogens with one attached hydrogen (secondary N) is 1. The minimum absolute atomic E-state index is 0.134. The van der Waals surface area contributed by atoms with E-state index in [1.807, 2.05) is 13.8 Å². The minimum atomic E-state index is -0.863. The van der Waals surface area contributed by atoms with Gasteiger partial charge in [-0.3, -0.25) is 9.59 Å². The maximum absolute atomic E-state index is 12.3. The second-order valence-corrected chi connectivity index (χ2v) is 6.67. The summed E-state index contributed by atoms with van der Waals surface area (Å²) in [5.74, 6) is -1.27. The molecule has 5 nitrogen and oxygen atoms in total. The first-order valence-corrected chi connectivity index (χ1v) is 7.11. The fourth-order valence-corrected chi connectivity index (χ4v) is 3.35. The number of hydrogen-bond donors (Lipinski definition) is 2. The van der Waals surface area contributed by atoms with Crippen LogP contribution in [0.2, 0.25) is 0 Å². The minimum Gasteiger partial charge on any atom is -0.481 e. The number of carbonyl (C=O) groups excluding carboxylic acids is 1. The number of amides is 1.